The maximum absolute atomic E-state index is 13.3. The van der Waals surface area contributed by atoms with Gasteiger partial charge in [0, 0.05) is 43.7 Å². The first-order valence-corrected chi connectivity index (χ1v) is 10.9. The van der Waals surface area contributed by atoms with Crippen LogP contribution in [0.3, 0.4) is 0 Å². The van der Waals surface area contributed by atoms with Crippen LogP contribution in [0.2, 0.25) is 0 Å². The lowest BCUT2D eigenvalue weighted by Crippen LogP contribution is -2.44. The number of hydrogen-bond donors (Lipinski definition) is 2. The van der Waals surface area contributed by atoms with Gasteiger partial charge in [-0.1, -0.05) is 72.8 Å². The van der Waals surface area contributed by atoms with Gasteiger partial charge in [-0.3, -0.25) is 9.79 Å². The summed E-state index contributed by atoms with van der Waals surface area (Å²) in [5.41, 5.74) is 5.91. The molecule has 172 valence electrons. The average molecular weight is 483 g/mol. The molecule has 0 spiro atoms. The zero-order valence-electron chi connectivity index (χ0n) is 18.2. The average Bonchev–Trinajstić information content (AvgIpc) is 2.97. The van der Waals surface area contributed by atoms with Crippen molar-refractivity contribution in [2.45, 2.75) is 12.5 Å². The lowest BCUT2D eigenvalue weighted by molar-refractivity contribution is -0.117. The Morgan fingerprint density at radius 1 is 0.848 bits per heavy atom. The van der Waals surface area contributed by atoms with Crippen molar-refractivity contribution in [1.82, 2.24) is 5.32 Å². The Kier molecular flexibility index (Phi) is 8.50. The van der Waals surface area contributed by atoms with Crippen LogP contribution in [0, 0.1) is 0 Å². The second kappa shape index (κ2) is 11.3. The maximum atomic E-state index is 13.3. The molecule has 0 aliphatic carbocycles. The number of carbonyl (C=O) groups excluding carboxylic acids is 1. The molecule has 0 unspecified atom stereocenters. The molecule has 1 amide bonds. The first-order chi connectivity index (χ1) is 15.3. The normalized spacial score (nSPS) is 17.5. The number of nitrogens with one attached hydrogen (secondary N) is 2. The van der Waals surface area contributed by atoms with Gasteiger partial charge in [0.1, 0.15) is 6.04 Å². The van der Waals surface area contributed by atoms with Crippen LogP contribution < -0.4 is 15.5 Å². The summed E-state index contributed by atoms with van der Waals surface area (Å²) in [7, 11) is 0. The van der Waals surface area contributed by atoms with Crippen LogP contribution in [-0.4, -0.2) is 43.8 Å². The summed E-state index contributed by atoms with van der Waals surface area (Å²) in [5.74, 6) is -0.0568. The summed E-state index contributed by atoms with van der Waals surface area (Å²) in [5, 5.41) is 6.64. The minimum absolute atomic E-state index is 0. The van der Waals surface area contributed by atoms with Crippen LogP contribution in [0.25, 0.3) is 0 Å². The molecule has 5 nitrogen and oxygen atoms in total. The van der Waals surface area contributed by atoms with Crippen molar-refractivity contribution < 1.29 is 4.79 Å². The molecule has 0 saturated carbocycles. The minimum Gasteiger partial charge on any atom is -0.367 e. The van der Waals surface area contributed by atoms with Gasteiger partial charge in [-0.05, 0) is 11.6 Å². The Balaban J connectivity index is 0.00000153. The number of rotatable bonds is 4. The summed E-state index contributed by atoms with van der Waals surface area (Å²) in [6.07, 6.45) is 0.569. The molecule has 0 radical (unpaired) electrons. The number of hydrogen-bond acceptors (Lipinski definition) is 4. The smallest absolute Gasteiger partial charge is 0.249 e. The standard InChI is InChI=1S/C26H26N4O.2ClH/c31-26-22(18-19-8-3-1-4-9-19)28-24(20-10-5-2-6-11-20)21-12-7-13-23(25(21)29-26)30-16-14-27-15-17-30;;/h1-13,22,27H,14-18H2,(H,29,31);2*1H/t22-;;/m0../s1. The van der Waals surface area contributed by atoms with Crippen LogP contribution in [0.5, 0.6) is 0 Å². The first-order valence-electron chi connectivity index (χ1n) is 10.9. The van der Waals surface area contributed by atoms with Gasteiger partial charge in [0.15, 0.2) is 0 Å². The molecular weight excluding hydrogens is 455 g/mol. The Labute approximate surface area is 207 Å². The zero-order valence-corrected chi connectivity index (χ0v) is 19.9. The predicted molar refractivity (Wildman–Crippen MR) is 141 cm³/mol. The third kappa shape index (κ3) is 5.38. The highest BCUT2D eigenvalue weighted by Gasteiger charge is 2.29. The van der Waals surface area contributed by atoms with E-state index in [-0.39, 0.29) is 30.7 Å². The fraction of sp³-hybridized carbons (Fsp3) is 0.231. The van der Waals surface area contributed by atoms with E-state index in [4.69, 9.17) is 4.99 Å². The van der Waals surface area contributed by atoms with Crippen molar-refractivity contribution in [2.24, 2.45) is 4.99 Å². The van der Waals surface area contributed by atoms with Gasteiger partial charge in [-0.25, -0.2) is 0 Å². The van der Waals surface area contributed by atoms with Crippen LogP contribution in [0.4, 0.5) is 11.4 Å². The topological polar surface area (TPSA) is 56.7 Å². The van der Waals surface area contributed by atoms with Crippen LogP contribution in [0.15, 0.2) is 83.9 Å². The highest BCUT2D eigenvalue weighted by molar-refractivity contribution is 6.21. The van der Waals surface area contributed by atoms with Crippen molar-refractivity contribution in [1.29, 1.82) is 0 Å². The molecule has 2 heterocycles. The molecule has 1 saturated heterocycles. The monoisotopic (exact) mass is 482 g/mol. The molecule has 1 fully saturated rings. The molecule has 5 rings (SSSR count). The maximum Gasteiger partial charge on any atom is 0.249 e. The number of nitrogens with zero attached hydrogens (tertiary/aromatic N) is 2. The van der Waals surface area contributed by atoms with E-state index in [0.717, 1.165) is 60.0 Å². The lowest BCUT2D eigenvalue weighted by Gasteiger charge is -2.31. The highest BCUT2D eigenvalue weighted by Crippen LogP contribution is 2.34. The van der Waals surface area contributed by atoms with Crippen molar-refractivity contribution in [3.8, 4) is 0 Å². The van der Waals surface area contributed by atoms with E-state index in [2.05, 4.69) is 58.0 Å². The Morgan fingerprint density at radius 3 is 2.21 bits per heavy atom. The summed E-state index contributed by atoms with van der Waals surface area (Å²) in [4.78, 5) is 20.7. The molecular formula is C26H28Cl2N4O. The molecule has 3 aromatic rings. The lowest BCUT2D eigenvalue weighted by atomic mass is 9.99. The van der Waals surface area contributed by atoms with E-state index in [1.165, 1.54) is 0 Å². The van der Waals surface area contributed by atoms with E-state index >= 15 is 0 Å². The van der Waals surface area contributed by atoms with Gasteiger partial charge in [-0.2, -0.15) is 0 Å². The number of anilines is 2. The van der Waals surface area contributed by atoms with Gasteiger partial charge in [0.05, 0.1) is 17.1 Å². The van der Waals surface area contributed by atoms with Crippen molar-refractivity contribution >= 4 is 47.8 Å². The highest BCUT2D eigenvalue weighted by atomic mass is 35.5. The number of benzene rings is 3. The predicted octanol–water partition coefficient (Wildman–Crippen LogP) is 4.34. The summed E-state index contributed by atoms with van der Waals surface area (Å²) < 4.78 is 0. The number of aliphatic imine (C=N–C) groups is 1. The molecule has 0 bridgehead atoms. The van der Waals surface area contributed by atoms with Crippen LogP contribution >= 0.6 is 24.8 Å². The Bertz CT molecular complexity index is 1100. The quantitative estimate of drug-likeness (QED) is 0.581. The summed E-state index contributed by atoms with van der Waals surface area (Å²) in [6, 6.07) is 26.0. The van der Waals surface area contributed by atoms with Crippen LogP contribution in [0.1, 0.15) is 16.7 Å². The van der Waals surface area contributed by atoms with Gasteiger partial charge < -0.3 is 15.5 Å². The number of halogens is 2. The fourth-order valence-corrected chi connectivity index (χ4v) is 4.33. The molecule has 33 heavy (non-hydrogen) atoms. The molecule has 0 aromatic heterocycles. The van der Waals surface area contributed by atoms with Crippen LogP contribution in [-0.2, 0) is 11.2 Å². The third-order valence-corrected chi connectivity index (χ3v) is 5.91. The Morgan fingerprint density at radius 2 is 1.52 bits per heavy atom. The van der Waals surface area contributed by atoms with Gasteiger partial charge in [-0.15, -0.1) is 24.8 Å². The number of fused-ring (bicyclic) bond motifs is 1. The number of piperazine rings is 1. The number of para-hydroxylation sites is 1. The number of benzodiazepines with no additional fused rings is 1. The summed E-state index contributed by atoms with van der Waals surface area (Å²) in [6.45, 7) is 3.71. The molecule has 2 aliphatic heterocycles. The van der Waals surface area contributed by atoms with E-state index < -0.39 is 6.04 Å². The van der Waals surface area contributed by atoms with E-state index in [1.54, 1.807) is 0 Å². The van der Waals surface area contributed by atoms with Gasteiger partial charge in [0.25, 0.3) is 0 Å². The second-order valence-electron chi connectivity index (χ2n) is 7.98. The van der Waals surface area contributed by atoms with Crippen molar-refractivity contribution in [3.63, 3.8) is 0 Å². The number of carbonyl (C=O) groups is 1. The molecule has 2 N–H and O–H groups in total. The largest absolute Gasteiger partial charge is 0.367 e. The second-order valence-corrected chi connectivity index (χ2v) is 7.98. The SMILES string of the molecule is Cl.Cl.O=C1Nc2c(cccc2N2CCNCC2)C(c2ccccc2)=N[C@H]1Cc1ccccc1. The number of amides is 1. The van der Waals surface area contributed by atoms with Gasteiger partial charge >= 0.3 is 0 Å². The third-order valence-electron chi connectivity index (χ3n) is 5.91. The van der Waals surface area contributed by atoms with E-state index in [9.17, 15) is 4.79 Å². The molecule has 3 aromatic carbocycles. The molecule has 1 atom stereocenters. The molecule has 2 aliphatic rings. The summed E-state index contributed by atoms with van der Waals surface area (Å²) >= 11 is 0. The van der Waals surface area contributed by atoms with Crippen molar-refractivity contribution in [3.05, 3.63) is 95.6 Å². The zero-order chi connectivity index (χ0) is 21.0. The fourth-order valence-electron chi connectivity index (χ4n) is 4.33. The first kappa shape index (κ1) is 24.8. The Hall–Kier alpha value is -2.86. The minimum atomic E-state index is -0.485. The van der Waals surface area contributed by atoms with Crippen molar-refractivity contribution in [2.75, 3.05) is 36.4 Å². The van der Waals surface area contributed by atoms with Gasteiger partial charge in [0.2, 0.25) is 5.91 Å². The molecule has 7 heteroatoms. The van der Waals surface area contributed by atoms with E-state index in [1.807, 2.05) is 36.4 Å². The van der Waals surface area contributed by atoms with E-state index in [0.29, 0.717) is 6.42 Å².